The van der Waals surface area contributed by atoms with E-state index < -0.39 is 10.0 Å². The molecule has 0 aromatic heterocycles. The highest BCUT2D eigenvalue weighted by molar-refractivity contribution is 7.92. The lowest BCUT2D eigenvalue weighted by Crippen LogP contribution is -2.41. The first-order valence-electron chi connectivity index (χ1n) is 8.72. The predicted octanol–water partition coefficient (Wildman–Crippen LogP) is 2.80. The second-order valence-electron chi connectivity index (χ2n) is 6.45. The van der Waals surface area contributed by atoms with Gasteiger partial charge in [-0.2, -0.15) is 0 Å². The molecule has 0 atom stereocenters. The summed E-state index contributed by atoms with van der Waals surface area (Å²) in [6.07, 6.45) is 0. The Balaban J connectivity index is 1.57. The van der Waals surface area contributed by atoms with Crippen LogP contribution in [0.25, 0.3) is 10.8 Å². The normalized spacial score (nSPS) is 16.1. The molecule has 0 saturated carbocycles. The highest BCUT2D eigenvalue weighted by Gasteiger charge is 2.26. The predicted molar refractivity (Wildman–Crippen MR) is 110 cm³/mol. The largest absolute Gasteiger partial charge is 0.398 e. The third-order valence-electron chi connectivity index (χ3n) is 4.65. The summed E-state index contributed by atoms with van der Waals surface area (Å²) < 4.78 is 30.7. The molecule has 1 aliphatic heterocycles. The lowest BCUT2D eigenvalue weighted by atomic mass is 10.1. The van der Waals surface area contributed by atoms with Crippen molar-refractivity contribution < 1.29 is 17.9 Å². The second kappa shape index (κ2) is 7.14. The number of ether oxygens (including phenoxy) is 1. The molecule has 0 aliphatic carbocycles. The molecule has 1 heterocycles. The molecule has 1 fully saturated rings. The van der Waals surface area contributed by atoms with Crippen molar-refractivity contribution in [2.24, 2.45) is 0 Å². The maximum atomic E-state index is 12.7. The number of sulfonamides is 1. The van der Waals surface area contributed by atoms with E-state index in [1.54, 1.807) is 24.3 Å². The van der Waals surface area contributed by atoms with Gasteiger partial charge in [-0.25, -0.2) is 12.7 Å². The summed E-state index contributed by atoms with van der Waals surface area (Å²) in [5.74, 6) is -0.348. The average Bonchev–Trinajstić information content (AvgIpc) is 2.69. The summed E-state index contributed by atoms with van der Waals surface area (Å²) in [7, 11) is -3.39. The molecule has 0 spiro atoms. The van der Waals surface area contributed by atoms with Crippen LogP contribution in [0, 0.1) is 0 Å². The summed E-state index contributed by atoms with van der Waals surface area (Å²) >= 11 is 0. The summed E-state index contributed by atoms with van der Waals surface area (Å²) in [6.45, 7) is 0.167. The quantitative estimate of drug-likeness (QED) is 0.662. The van der Waals surface area contributed by atoms with E-state index >= 15 is 0 Å². The maximum absolute atomic E-state index is 12.7. The zero-order valence-corrected chi connectivity index (χ0v) is 15.8. The number of fused-ring (bicyclic) bond motifs is 1. The van der Waals surface area contributed by atoms with Gasteiger partial charge < -0.3 is 15.8 Å². The number of nitrogens with two attached hydrogens (primary N) is 1. The molecule has 0 radical (unpaired) electrons. The second-order valence-corrected chi connectivity index (χ2v) is 8.46. The zero-order valence-electron chi connectivity index (χ0n) is 15.0. The van der Waals surface area contributed by atoms with E-state index in [1.807, 2.05) is 36.4 Å². The number of hydrogen-bond acceptors (Lipinski definition) is 5. The molecule has 28 heavy (non-hydrogen) atoms. The van der Waals surface area contributed by atoms with E-state index in [4.69, 9.17) is 10.5 Å². The summed E-state index contributed by atoms with van der Waals surface area (Å²) in [6, 6.07) is 17.5. The van der Waals surface area contributed by atoms with Crippen molar-refractivity contribution in [2.45, 2.75) is 0 Å². The Labute approximate surface area is 162 Å². The minimum absolute atomic E-state index is 0.0225. The van der Waals surface area contributed by atoms with Crippen LogP contribution in [0.1, 0.15) is 10.4 Å². The smallest absolute Gasteiger partial charge is 0.255 e. The number of hydrogen-bond donors (Lipinski definition) is 2. The molecule has 3 aromatic rings. The van der Waals surface area contributed by atoms with Gasteiger partial charge in [-0.3, -0.25) is 4.79 Å². The summed E-state index contributed by atoms with van der Waals surface area (Å²) in [5, 5.41) is 4.61. The Bertz CT molecular complexity index is 1140. The zero-order chi connectivity index (χ0) is 19.7. The van der Waals surface area contributed by atoms with E-state index in [1.165, 1.54) is 4.31 Å². The summed E-state index contributed by atoms with van der Waals surface area (Å²) in [5.41, 5.74) is 8.18. The molecule has 1 amide bonds. The van der Waals surface area contributed by atoms with Crippen molar-refractivity contribution in [3.8, 4) is 0 Å². The molecular formula is C20H19N3O4S. The molecule has 3 aromatic carbocycles. The SMILES string of the molecule is Nc1cccc2c(NC(=O)c3ccc(N4COCCS4(=O)=O)cc3)cccc12. The van der Waals surface area contributed by atoms with Crippen molar-refractivity contribution in [3.63, 3.8) is 0 Å². The Hall–Kier alpha value is -3.10. The Morgan fingerprint density at radius 3 is 2.46 bits per heavy atom. The van der Waals surface area contributed by atoms with E-state index in [0.717, 1.165) is 10.8 Å². The maximum Gasteiger partial charge on any atom is 0.255 e. The number of carbonyl (C=O) groups is 1. The number of rotatable bonds is 3. The fraction of sp³-hybridized carbons (Fsp3) is 0.150. The van der Waals surface area contributed by atoms with Crippen molar-refractivity contribution in [2.75, 3.05) is 34.4 Å². The van der Waals surface area contributed by atoms with Crippen LogP contribution in [-0.2, 0) is 14.8 Å². The first-order valence-corrected chi connectivity index (χ1v) is 10.3. The van der Waals surface area contributed by atoms with Crippen LogP contribution < -0.4 is 15.4 Å². The van der Waals surface area contributed by atoms with Crippen molar-refractivity contribution in [1.29, 1.82) is 0 Å². The number of nitrogen functional groups attached to an aromatic ring is 1. The molecule has 0 unspecified atom stereocenters. The van der Waals surface area contributed by atoms with Crippen LogP contribution in [-0.4, -0.2) is 33.4 Å². The number of anilines is 3. The van der Waals surface area contributed by atoms with Crippen molar-refractivity contribution in [1.82, 2.24) is 0 Å². The molecule has 1 saturated heterocycles. The highest BCUT2D eigenvalue weighted by Crippen LogP contribution is 2.28. The average molecular weight is 397 g/mol. The van der Waals surface area contributed by atoms with Crippen LogP contribution in [0.15, 0.2) is 60.7 Å². The molecule has 144 valence electrons. The highest BCUT2D eigenvalue weighted by atomic mass is 32.2. The van der Waals surface area contributed by atoms with Crippen LogP contribution in [0.3, 0.4) is 0 Å². The van der Waals surface area contributed by atoms with Crippen LogP contribution in [0.5, 0.6) is 0 Å². The van der Waals surface area contributed by atoms with Gasteiger partial charge in [-0.15, -0.1) is 0 Å². The van der Waals surface area contributed by atoms with Gasteiger partial charge in [-0.1, -0.05) is 24.3 Å². The fourth-order valence-corrected chi connectivity index (χ4v) is 4.38. The Kier molecular flexibility index (Phi) is 4.66. The Morgan fingerprint density at radius 1 is 1.00 bits per heavy atom. The third kappa shape index (κ3) is 3.39. The topological polar surface area (TPSA) is 102 Å². The first kappa shape index (κ1) is 18.3. The van der Waals surface area contributed by atoms with Crippen molar-refractivity contribution in [3.05, 3.63) is 66.2 Å². The number of nitrogens with one attached hydrogen (secondary N) is 1. The molecular weight excluding hydrogens is 378 g/mol. The standard InChI is InChI=1S/C20H19N3O4S/c21-18-5-1-4-17-16(18)3-2-6-19(17)22-20(24)14-7-9-15(10-8-14)23-13-27-11-12-28(23,25)26/h1-10H,11-13,21H2,(H,22,24). The fourth-order valence-electron chi connectivity index (χ4n) is 3.15. The van der Waals surface area contributed by atoms with Gasteiger partial charge in [-0.05, 0) is 36.4 Å². The molecule has 1 aliphatic rings. The molecule has 8 heteroatoms. The van der Waals surface area contributed by atoms with Gasteiger partial charge >= 0.3 is 0 Å². The lowest BCUT2D eigenvalue weighted by molar-refractivity contribution is 0.102. The van der Waals surface area contributed by atoms with Gasteiger partial charge in [0.2, 0.25) is 10.0 Å². The number of nitrogens with zero attached hydrogens (tertiary/aromatic N) is 1. The molecule has 7 nitrogen and oxygen atoms in total. The van der Waals surface area contributed by atoms with Gasteiger partial charge in [0, 0.05) is 27.7 Å². The monoisotopic (exact) mass is 397 g/mol. The van der Waals surface area contributed by atoms with E-state index in [9.17, 15) is 13.2 Å². The number of amides is 1. The minimum atomic E-state index is -3.39. The molecule has 4 rings (SSSR count). The van der Waals surface area contributed by atoms with E-state index in [2.05, 4.69) is 5.32 Å². The first-order chi connectivity index (χ1) is 13.5. The molecule has 0 bridgehead atoms. The van der Waals surface area contributed by atoms with Crippen LogP contribution in [0.2, 0.25) is 0 Å². The van der Waals surface area contributed by atoms with Gasteiger partial charge in [0.25, 0.3) is 5.91 Å². The number of benzene rings is 3. The number of carbonyl (C=O) groups excluding carboxylic acids is 1. The van der Waals surface area contributed by atoms with E-state index in [0.29, 0.717) is 22.6 Å². The lowest BCUT2D eigenvalue weighted by Gasteiger charge is -2.28. The summed E-state index contributed by atoms with van der Waals surface area (Å²) in [4.78, 5) is 12.7. The third-order valence-corrected chi connectivity index (χ3v) is 6.32. The molecule has 3 N–H and O–H groups in total. The van der Waals surface area contributed by atoms with Crippen LogP contribution >= 0.6 is 0 Å². The van der Waals surface area contributed by atoms with Gasteiger partial charge in [0.15, 0.2) is 0 Å². The Morgan fingerprint density at radius 2 is 1.71 bits per heavy atom. The van der Waals surface area contributed by atoms with Crippen LogP contribution in [0.4, 0.5) is 17.1 Å². The van der Waals surface area contributed by atoms with Gasteiger partial charge in [0.1, 0.15) is 6.73 Å². The van der Waals surface area contributed by atoms with E-state index in [-0.39, 0.29) is 25.0 Å². The van der Waals surface area contributed by atoms with Gasteiger partial charge in [0.05, 0.1) is 18.0 Å². The minimum Gasteiger partial charge on any atom is -0.398 e. The van der Waals surface area contributed by atoms with Crippen molar-refractivity contribution >= 4 is 43.8 Å².